The van der Waals surface area contributed by atoms with Crippen LogP contribution < -0.4 is 0 Å². The van der Waals surface area contributed by atoms with Crippen LogP contribution in [-0.2, 0) is 6.42 Å². The molecule has 0 aliphatic carbocycles. The summed E-state index contributed by atoms with van der Waals surface area (Å²) in [6.45, 7) is 8.01. The largest absolute Gasteiger partial charge is 0.458 e. The van der Waals surface area contributed by atoms with E-state index in [1.165, 1.54) is 23.6 Å². The van der Waals surface area contributed by atoms with Crippen LogP contribution in [0.2, 0.25) is 0 Å². The minimum absolute atomic E-state index is 0.0288. The summed E-state index contributed by atoms with van der Waals surface area (Å²) in [5.41, 5.74) is 3.85. The molecule has 0 atom stereocenters. The molecule has 100 valence electrons. The van der Waals surface area contributed by atoms with Crippen molar-refractivity contribution < 1.29 is 9.21 Å². The molecule has 0 amide bonds. The minimum Gasteiger partial charge on any atom is -0.458 e. The molecule has 19 heavy (non-hydrogen) atoms. The molecule has 0 aliphatic rings. The Kier molecular flexibility index (Phi) is 3.89. The third-order valence-corrected chi connectivity index (χ3v) is 3.41. The monoisotopic (exact) mass is 256 g/mol. The first-order chi connectivity index (χ1) is 8.97. The summed E-state index contributed by atoms with van der Waals surface area (Å²) >= 11 is 0. The maximum Gasteiger partial charge on any atom is 0.194 e. The summed E-state index contributed by atoms with van der Waals surface area (Å²) < 4.78 is 5.55. The first kappa shape index (κ1) is 13.6. The molecule has 0 spiro atoms. The number of hydrogen-bond acceptors (Lipinski definition) is 2. The number of Topliss-reactive ketones (excluding diaryl/α,β-unsaturated/α-hetero) is 1. The number of carbonyl (C=O) groups is 1. The van der Waals surface area contributed by atoms with Crippen molar-refractivity contribution in [3.8, 4) is 0 Å². The van der Waals surface area contributed by atoms with Crippen molar-refractivity contribution in [1.29, 1.82) is 0 Å². The molecule has 1 aromatic carbocycles. The van der Waals surface area contributed by atoms with E-state index in [0.29, 0.717) is 11.7 Å². The van der Waals surface area contributed by atoms with Crippen LogP contribution in [0.4, 0.5) is 0 Å². The smallest absolute Gasteiger partial charge is 0.194 e. The van der Waals surface area contributed by atoms with Crippen LogP contribution in [0.25, 0.3) is 0 Å². The molecule has 0 fully saturated rings. The summed E-state index contributed by atoms with van der Waals surface area (Å²) in [4.78, 5) is 11.2. The lowest BCUT2D eigenvalue weighted by Crippen LogP contribution is -1.95. The van der Waals surface area contributed by atoms with Gasteiger partial charge in [-0.25, -0.2) is 0 Å². The standard InChI is InChI=1S/C17H20O2/c1-11(2)14-6-5-12(3)15(9-14)10-16-7-8-17(19-16)13(4)18/h5-9,11H,10H2,1-4H3. The fourth-order valence-corrected chi connectivity index (χ4v) is 2.09. The normalized spacial score (nSPS) is 11.0. The Labute approximate surface area is 114 Å². The van der Waals surface area contributed by atoms with Gasteiger partial charge in [-0.3, -0.25) is 4.79 Å². The molecule has 1 heterocycles. The van der Waals surface area contributed by atoms with E-state index in [1.54, 1.807) is 6.07 Å². The molecule has 0 aliphatic heterocycles. The molecular formula is C17H20O2. The number of furan rings is 1. The molecule has 0 saturated heterocycles. The Morgan fingerprint density at radius 3 is 2.53 bits per heavy atom. The number of carbonyl (C=O) groups excluding carboxylic acids is 1. The van der Waals surface area contributed by atoms with Gasteiger partial charge in [-0.1, -0.05) is 32.0 Å². The predicted octanol–water partition coefficient (Wildman–Crippen LogP) is 4.50. The van der Waals surface area contributed by atoms with Crippen LogP contribution in [-0.4, -0.2) is 5.78 Å². The Morgan fingerprint density at radius 2 is 1.95 bits per heavy atom. The molecule has 0 saturated carbocycles. The molecule has 2 heteroatoms. The number of aryl methyl sites for hydroxylation is 1. The van der Waals surface area contributed by atoms with Gasteiger partial charge < -0.3 is 4.42 Å². The van der Waals surface area contributed by atoms with E-state index >= 15 is 0 Å². The molecule has 2 rings (SSSR count). The van der Waals surface area contributed by atoms with Gasteiger partial charge in [0.05, 0.1) is 0 Å². The highest BCUT2D eigenvalue weighted by molar-refractivity contribution is 5.91. The quantitative estimate of drug-likeness (QED) is 0.754. The lowest BCUT2D eigenvalue weighted by Gasteiger charge is -2.10. The van der Waals surface area contributed by atoms with Crippen LogP contribution in [0, 0.1) is 6.92 Å². The van der Waals surface area contributed by atoms with Crippen molar-refractivity contribution in [3.05, 3.63) is 58.5 Å². The number of benzene rings is 1. The van der Waals surface area contributed by atoms with E-state index in [1.807, 2.05) is 6.07 Å². The molecule has 0 unspecified atom stereocenters. The molecule has 2 aromatic rings. The topological polar surface area (TPSA) is 30.2 Å². The van der Waals surface area contributed by atoms with Crippen molar-refractivity contribution in [2.45, 2.75) is 40.0 Å². The summed E-state index contributed by atoms with van der Waals surface area (Å²) in [7, 11) is 0. The lowest BCUT2D eigenvalue weighted by atomic mass is 9.96. The zero-order valence-corrected chi connectivity index (χ0v) is 12.0. The first-order valence-electron chi connectivity index (χ1n) is 6.66. The highest BCUT2D eigenvalue weighted by Gasteiger charge is 2.09. The SMILES string of the molecule is CC(=O)c1ccc(Cc2cc(C(C)C)ccc2C)o1. The highest BCUT2D eigenvalue weighted by Crippen LogP contribution is 2.22. The van der Waals surface area contributed by atoms with E-state index in [9.17, 15) is 4.79 Å². The zero-order chi connectivity index (χ0) is 14.0. The van der Waals surface area contributed by atoms with Gasteiger partial charge in [0, 0.05) is 13.3 Å². The Hall–Kier alpha value is -1.83. The van der Waals surface area contributed by atoms with Gasteiger partial charge in [0.25, 0.3) is 0 Å². The zero-order valence-electron chi connectivity index (χ0n) is 12.0. The predicted molar refractivity (Wildman–Crippen MR) is 76.8 cm³/mol. The van der Waals surface area contributed by atoms with Crippen molar-refractivity contribution in [3.63, 3.8) is 0 Å². The maximum atomic E-state index is 11.2. The van der Waals surface area contributed by atoms with Gasteiger partial charge in [0.15, 0.2) is 11.5 Å². The van der Waals surface area contributed by atoms with E-state index in [2.05, 4.69) is 39.0 Å². The van der Waals surface area contributed by atoms with Crippen molar-refractivity contribution in [2.24, 2.45) is 0 Å². The van der Waals surface area contributed by atoms with Crippen LogP contribution >= 0.6 is 0 Å². The summed E-state index contributed by atoms with van der Waals surface area (Å²) in [5.74, 6) is 1.77. The van der Waals surface area contributed by atoms with Crippen molar-refractivity contribution >= 4 is 5.78 Å². The summed E-state index contributed by atoms with van der Waals surface area (Å²) in [6, 6.07) is 10.2. The van der Waals surface area contributed by atoms with Crippen LogP contribution in [0.1, 0.15) is 59.7 Å². The average Bonchev–Trinajstić information content (AvgIpc) is 2.80. The van der Waals surface area contributed by atoms with Gasteiger partial charge in [0.2, 0.25) is 0 Å². The second-order valence-electron chi connectivity index (χ2n) is 5.34. The van der Waals surface area contributed by atoms with Crippen molar-refractivity contribution in [2.75, 3.05) is 0 Å². The molecule has 0 N–H and O–H groups in total. The molecular weight excluding hydrogens is 236 g/mol. The minimum atomic E-state index is -0.0288. The van der Waals surface area contributed by atoms with Crippen LogP contribution in [0.5, 0.6) is 0 Å². The van der Waals surface area contributed by atoms with Gasteiger partial charge in [-0.2, -0.15) is 0 Å². The maximum absolute atomic E-state index is 11.2. The average molecular weight is 256 g/mol. The Balaban J connectivity index is 2.26. The molecule has 1 aromatic heterocycles. The number of rotatable bonds is 4. The lowest BCUT2D eigenvalue weighted by molar-refractivity contribution is 0.0985. The van der Waals surface area contributed by atoms with Crippen LogP contribution in [0.15, 0.2) is 34.7 Å². The van der Waals surface area contributed by atoms with E-state index < -0.39 is 0 Å². The fraction of sp³-hybridized carbons (Fsp3) is 0.353. The summed E-state index contributed by atoms with van der Waals surface area (Å²) in [5, 5.41) is 0. The highest BCUT2D eigenvalue weighted by atomic mass is 16.3. The van der Waals surface area contributed by atoms with Gasteiger partial charge in [-0.05, 0) is 41.7 Å². The number of hydrogen-bond donors (Lipinski definition) is 0. The first-order valence-corrected chi connectivity index (χ1v) is 6.66. The van der Waals surface area contributed by atoms with E-state index in [0.717, 1.165) is 12.2 Å². The second-order valence-corrected chi connectivity index (χ2v) is 5.34. The number of ketones is 1. The van der Waals surface area contributed by atoms with Gasteiger partial charge in [0.1, 0.15) is 5.76 Å². The van der Waals surface area contributed by atoms with Crippen molar-refractivity contribution in [1.82, 2.24) is 0 Å². The molecule has 0 radical (unpaired) electrons. The fourth-order valence-electron chi connectivity index (χ4n) is 2.09. The summed E-state index contributed by atoms with van der Waals surface area (Å²) in [6.07, 6.45) is 0.736. The second kappa shape index (κ2) is 5.43. The van der Waals surface area contributed by atoms with E-state index in [4.69, 9.17) is 4.42 Å². The third-order valence-electron chi connectivity index (χ3n) is 3.41. The van der Waals surface area contributed by atoms with Crippen LogP contribution in [0.3, 0.4) is 0 Å². The molecule has 2 nitrogen and oxygen atoms in total. The third kappa shape index (κ3) is 3.14. The Morgan fingerprint density at radius 1 is 1.21 bits per heavy atom. The van der Waals surface area contributed by atoms with Gasteiger partial charge in [-0.15, -0.1) is 0 Å². The van der Waals surface area contributed by atoms with Gasteiger partial charge >= 0.3 is 0 Å². The van der Waals surface area contributed by atoms with E-state index in [-0.39, 0.29) is 5.78 Å². The Bertz CT molecular complexity index is 591. The molecule has 0 bridgehead atoms.